The maximum atomic E-state index is 14.3. The minimum absolute atomic E-state index is 0.0527. The number of carbonyl (C=O) groups is 2. The van der Waals surface area contributed by atoms with Gasteiger partial charge in [-0.05, 0) is 27.7 Å². The summed E-state index contributed by atoms with van der Waals surface area (Å²) < 4.78 is 20.8. The van der Waals surface area contributed by atoms with Crippen LogP contribution in [0.15, 0.2) is 6.20 Å². The minimum Gasteiger partial charge on any atom is -0.444 e. The number of piperazine rings is 1. The SMILES string of the molecule is Cc1nc(C=O)nn1-c1nc(N2CCN(C(=O)OC(C)(C)C)CC2)ncc1F. The van der Waals surface area contributed by atoms with Crippen LogP contribution in [0.3, 0.4) is 0 Å². The number of aldehydes is 1. The molecule has 2 aromatic heterocycles. The molecule has 11 heteroatoms. The van der Waals surface area contributed by atoms with Gasteiger partial charge in [0.2, 0.25) is 11.8 Å². The number of aromatic nitrogens is 5. The lowest BCUT2D eigenvalue weighted by atomic mass is 10.2. The third kappa shape index (κ3) is 4.24. The lowest BCUT2D eigenvalue weighted by Gasteiger charge is -2.35. The molecule has 1 aliphatic rings. The van der Waals surface area contributed by atoms with Gasteiger partial charge in [0.15, 0.2) is 17.9 Å². The highest BCUT2D eigenvalue weighted by molar-refractivity contribution is 5.69. The molecule has 10 nitrogen and oxygen atoms in total. The van der Waals surface area contributed by atoms with Crippen molar-refractivity contribution < 1.29 is 18.7 Å². The van der Waals surface area contributed by atoms with Gasteiger partial charge in [0.1, 0.15) is 11.4 Å². The lowest BCUT2D eigenvalue weighted by molar-refractivity contribution is 0.0240. The van der Waals surface area contributed by atoms with Crippen molar-refractivity contribution in [3.63, 3.8) is 0 Å². The number of rotatable bonds is 3. The molecule has 1 saturated heterocycles. The van der Waals surface area contributed by atoms with E-state index in [9.17, 15) is 14.0 Å². The molecule has 0 aromatic carbocycles. The molecule has 2 aromatic rings. The highest BCUT2D eigenvalue weighted by Crippen LogP contribution is 2.18. The third-order valence-corrected chi connectivity index (χ3v) is 4.02. The van der Waals surface area contributed by atoms with Crippen LogP contribution in [0.25, 0.3) is 5.82 Å². The van der Waals surface area contributed by atoms with Gasteiger partial charge in [0, 0.05) is 26.2 Å². The van der Waals surface area contributed by atoms with Gasteiger partial charge in [0.25, 0.3) is 0 Å². The van der Waals surface area contributed by atoms with Crippen LogP contribution < -0.4 is 4.90 Å². The Balaban J connectivity index is 1.74. The molecule has 3 heterocycles. The average molecular weight is 391 g/mol. The first-order valence-corrected chi connectivity index (χ1v) is 8.82. The Kier molecular flexibility index (Phi) is 5.25. The number of amides is 1. The van der Waals surface area contributed by atoms with Crippen molar-refractivity contribution in [2.45, 2.75) is 33.3 Å². The summed E-state index contributed by atoms with van der Waals surface area (Å²) in [4.78, 5) is 38.7. The summed E-state index contributed by atoms with van der Waals surface area (Å²) in [7, 11) is 0. The lowest BCUT2D eigenvalue weighted by Crippen LogP contribution is -2.50. The quantitative estimate of drug-likeness (QED) is 0.723. The van der Waals surface area contributed by atoms with Crippen LogP contribution in [-0.4, -0.2) is 73.8 Å². The number of hydrogen-bond acceptors (Lipinski definition) is 8. The third-order valence-electron chi connectivity index (χ3n) is 4.02. The summed E-state index contributed by atoms with van der Waals surface area (Å²) >= 11 is 0. The standard InChI is InChI=1S/C17H22FN7O3/c1-11-20-13(10-26)22-25(11)14-12(18)9-19-15(21-14)23-5-7-24(8-6-23)16(27)28-17(2,3)4/h9-10H,5-8H2,1-4H3. The Bertz CT molecular complexity index is 885. The second kappa shape index (κ2) is 7.49. The Morgan fingerprint density at radius 1 is 1.21 bits per heavy atom. The summed E-state index contributed by atoms with van der Waals surface area (Å²) in [5.74, 6) is -0.175. The van der Waals surface area contributed by atoms with E-state index in [-0.39, 0.29) is 17.7 Å². The van der Waals surface area contributed by atoms with Gasteiger partial charge in [-0.25, -0.2) is 19.2 Å². The Hall–Kier alpha value is -3.11. The highest BCUT2D eigenvalue weighted by atomic mass is 19.1. The molecule has 1 fully saturated rings. The molecule has 1 aliphatic heterocycles. The molecule has 28 heavy (non-hydrogen) atoms. The van der Waals surface area contributed by atoms with Crippen molar-refractivity contribution in [3.8, 4) is 5.82 Å². The highest BCUT2D eigenvalue weighted by Gasteiger charge is 2.27. The van der Waals surface area contributed by atoms with E-state index in [4.69, 9.17) is 4.74 Å². The zero-order valence-corrected chi connectivity index (χ0v) is 16.2. The zero-order chi connectivity index (χ0) is 20.5. The largest absolute Gasteiger partial charge is 0.444 e. The van der Waals surface area contributed by atoms with E-state index in [1.807, 2.05) is 25.7 Å². The zero-order valence-electron chi connectivity index (χ0n) is 16.2. The van der Waals surface area contributed by atoms with Crippen LogP contribution >= 0.6 is 0 Å². The second-order valence-electron chi connectivity index (χ2n) is 7.34. The van der Waals surface area contributed by atoms with Crippen LogP contribution in [0.1, 0.15) is 37.2 Å². The number of anilines is 1. The molecule has 3 rings (SSSR count). The fraction of sp³-hybridized carbons (Fsp3) is 0.529. The first-order valence-electron chi connectivity index (χ1n) is 8.82. The fourth-order valence-corrected chi connectivity index (χ4v) is 2.73. The topological polar surface area (TPSA) is 106 Å². The van der Waals surface area contributed by atoms with Crippen molar-refractivity contribution in [3.05, 3.63) is 23.7 Å². The molecule has 0 saturated carbocycles. The predicted molar refractivity (Wildman–Crippen MR) is 97.1 cm³/mol. The molecule has 0 atom stereocenters. The second-order valence-corrected chi connectivity index (χ2v) is 7.34. The number of halogens is 1. The monoisotopic (exact) mass is 391 g/mol. The summed E-state index contributed by atoms with van der Waals surface area (Å²) in [5, 5.41) is 3.93. The molecule has 0 N–H and O–H groups in total. The smallest absolute Gasteiger partial charge is 0.410 e. The molecule has 0 spiro atoms. The van der Waals surface area contributed by atoms with Crippen molar-refractivity contribution >= 4 is 18.3 Å². The van der Waals surface area contributed by atoms with E-state index >= 15 is 0 Å². The van der Waals surface area contributed by atoms with E-state index in [2.05, 4.69) is 20.1 Å². The van der Waals surface area contributed by atoms with Crippen LogP contribution in [0, 0.1) is 12.7 Å². The summed E-state index contributed by atoms with van der Waals surface area (Å²) in [6.45, 7) is 8.86. The summed E-state index contributed by atoms with van der Waals surface area (Å²) in [6.07, 6.45) is 1.17. The molecular formula is C17H22FN7O3. The van der Waals surface area contributed by atoms with Gasteiger partial charge < -0.3 is 14.5 Å². The average Bonchev–Trinajstić information content (AvgIpc) is 3.01. The summed E-state index contributed by atoms with van der Waals surface area (Å²) in [5.41, 5.74) is -0.556. The van der Waals surface area contributed by atoms with Gasteiger partial charge >= 0.3 is 6.09 Å². The van der Waals surface area contributed by atoms with Gasteiger partial charge in [0.05, 0.1) is 6.20 Å². The molecule has 0 bridgehead atoms. The number of aryl methyl sites for hydroxylation is 1. The van der Waals surface area contributed by atoms with Crippen molar-refractivity contribution in [2.75, 3.05) is 31.1 Å². The van der Waals surface area contributed by atoms with Gasteiger partial charge in [-0.15, -0.1) is 5.10 Å². The molecule has 1 amide bonds. The van der Waals surface area contributed by atoms with Gasteiger partial charge in [-0.2, -0.15) is 9.67 Å². The van der Waals surface area contributed by atoms with E-state index in [1.165, 1.54) is 4.68 Å². The van der Waals surface area contributed by atoms with Crippen LogP contribution in [0.5, 0.6) is 0 Å². The van der Waals surface area contributed by atoms with E-state index in [0.717, 1.165) is 6.20 Å². The molecule has 0 radical (unpaired) electrons. The fourth-order valence-electron chi connectivity index (χ4n) is 2.73. The number of hydrogen-bond donors (Lipinski definition) is 0. The molecule has 150 valence electrons. The first kappa shape index (κ1) is 19.6. The first-order chi connectivity index (χ1) is 13.2. The van der Waals surface area contributed by atoms with E-state index in [0.29, 0.717) is 44.2 Å². The van der Waals surface area contributed by atoms with Crippen molar-refractivity contribution in [1.82, 2.24) is 29.6 Å². The Morgan fingerprint density at radius 3 is 2.46 bits per heavy atom. The number of nitrogens with zero attached hydrogens (tertiary/aromatic N) is 7. The van der Waals surface area contributed by atoms with Crippen LogP contribution in [0.4, 0.5) is 15.1 Å². The van der Waals surface area contributed by atoms with Crippen molar-refractivity contribution in [2.24, 2.45) is 0 Å². The van der Waals surface area contributed by atoms with E-state index < -0.39 is 11.4 Å². The summed E-state index contributed by atoms with van der Waals surface area (Å²) in [6, 6.07) is 0. The Morgan fingerprint density at radius 2 is 1.89 bits per heavy atom. The normalized spacial score (nSPS) is 14.9. The number of ether oxygens (including phenoxy) is 1. The molecule has 0 unspecified atom stereocenters. The Labute approximate surface area is 161 Å². The minimum atomic E-state index is -0.679. The van der Waals surface area contributed by atoms with Crippen LogP contribution in [0.2, 0.25) is 0 Å². The maximum absolute atomic E-state index is 14.3. The molecular weight excluding hydrogens is 369 g/mol. The maximum Gasteiger partial charge on any atom is 0.410 e. The number of carbonyl (C=O) groups excluding carboxylic acids is 2. The van der Waals surface area contributed by atoms with Crippen molar-refractivity contribution in [1.29, 1.82) is 0 Å². The molecule has 0 aliphatic carbocycles. The van der Waals surface area contributed by atoms with Gasteiger partial charge in [-0.1, -0.05) is 0 Å². The van der Waals surface area contributed by atoms with Gasteiger partial charge in [-0.3, -0.25) is 4.79 Å². The van der Waals surface area contributed by atoms with E-state index in [1.54, 1.807) is 11.8 Å². The van der Waals surface area contributed by atoms with Crippen LogP contribution in [-0.2, 0) is 4.74 Å². The predicted octanol–water partition coefficient (Wildman–Crippen LogP) is 1.37.